The summed E-state index contributed by atoms with van der Waals surface area (Å²) in [5.41, 5.74) is 5.16. The van der Waals surface area contributed by atoms with Crippen molar-refractivity contribution in [3.8, 4) is 11.1 Å². The van der Waals surface area contributed by atoms with Crippen LogP contribution >= 0.6 is 0 Å². The summed E-state index contributed by atoms with van der Waals surface area (Å²) in [6.45, 7) is 7.98. The standard InChI is InChI=1S/C23H28N2O3/c1-6-24(23(27)28)21-13-16(3)25(5,17(4)26)22-12-11-18(14-20(21)22)19-10-8-7-9-15(19)2/h7-12,14,16,21H,6,13H2,1-5H3/p+1/t16-,21+,25?/m0/s1. The van der Waals surface area contributed by atoms with Gasteiger partial charge in [0.05, 0.1) is 26.1 Å². The second-order valence-electron chi connectivity index (χ2n) is 7.85. The van der Waals surface area contributed by atoms with Crippen LogP contribution in [0.5, 0.6) is 0 Å². The van der Waals surface area contributed by atoms with E-state index in [1.165, 1.54) is 4.90 Å². The molecule has 1 aliphatic rings. The maximum atomic E-state index is 12.6. The lowest BCUT2D eigenvalue weighted by Gasteiger charge is -2.45. The van der Waals surface area contributed by atoms with E-state index in [-0.39, 0.29) is 22.5 Å². The fraction of sp³-hybridized carbons (Fsp3) is 0.391. The van der Waals surface area contributed by atoms with Gasteiger partial charge in [0.1, 0.15) is 5.69 Å². The number of benzene rings is 2. The Kier molecular flexibility index (Phi) is 5.31. The number of rotatable bonds is 3. The van der Waals surface area contributed by atoms with Gasteiger partial charge in [0.25, 0.3) is 0 Å². The van der Waals surface area contributed by atoms with E-state index in [2.05, 4.69) is 25.1 Å². The van der Waals surface area contributed by atoms with Crippen molar-refractivity contribution in [3.05, 3.63) is 53.6 Å². The molecule has 5 nitrogen and oxygen atoms in total. The van der Waals surface area contributed by atoms with E-state index in [0.29, 0.717) is 13.0 Å². The second-order valence-corrected chi connectivity index (χ2v) is 7.85. The normalized spacial score (nSPS) is 23.8. The zero-order valence-electron chi connectivity index (χ0n) is 17.3. The van der Waals surface area contributed by atoms with Gasteiger partial charge < -0.3 is 10.0 Å². The van der Waals surface area contributed by atoms with E-state index in [4.69, 9.17) is 0 Å². The van der Waals surface area contributed by atoms with Crippen LogP contribution in [0.1, 0.15) is 44.4 Å². The van der Waals surface area contributed by atoms with Crippen LogP contribution in [0.25, 0.3) is 11.1 Å². The zero-order chi connectivity index (χ0) is 20.6. The molecule has 2 amide bonds. The van der Waals surface area contributed by atoms with Crippen molar-refractivity contribution in [2.45, 2.75) is 46.2 Å². The van der Waals surface area contributed by atoms with Crippen molar-refractivity contribution in [3.63, 3.8) is 0 Å². The van der Waals surface area contributed by atoms with Gasteiger partial charge in [-0.15, -0.1) is 0 Å². The third kappa shape index (κ3) is 3.10. The molecule has 0 spiro atoms. The number of nitrogens with zero attached hydrogens (tertiary/aromatic N) is 2. The Balaban J connectivity index is 2.25. The Labute approximate surface area is 166 Å². The Morgan fingerprint density at radius 1 is 1.21 bits per heavy atom. The number of hydrogen-bond donors (Lipinski definition) is 1. The molecule has 2 aromatic carbocycles. The highest BCUT2D eigenvalue weighted by atomic mass is 16.4. The molecular weight excluding hydrogens is 352 g/mol. The molecule has 0 aliphatic carbocycles. The molecule has 1 heterocycles. The highest BCUT2D eigenvalue weighted by molar-refractivity contribution is 5.89. The monoisotopic (exact) mass is 381 g/mol. The third-order valence-electron chi connectivity index (χ3n) is 6.41. The lowest BCUT2D eigenvalue weighted by Crippen LogP contribution is -2.60. The molecule has 3 rings (SSSR count). The Bertz CT molecular complexity index is 924. The minimum atomic E-state index is -0.925. The number of carbonyl (C=O) groups excluding carboxylic acids is 1. The predicted molar refractivity (Wildman–Crippen MR) is 112 cm³/mol. The van der Waals surface area contributed by atoms with Gasteiger partial charge in [-0.2, -0.15) is 0 Å². The summed E-state index contributed by atoms with van der Waals surface area (Å²) in [5, 5.41) is 9.76. The largest absolute Gasteiger partial charge is 0.465 e. The first-order valence-corrected chi connectivity index (χ1v) is 9.79. The molecule has 2 aromatic rings. The molecule has 1 N–H and O–H groups in total. The quantitative estimate of drug-likeness (QED) is 0.763. The summed E-state index contributed by atoms with van der Waals surface area (Å²) in [6, 6.07) is 14.0. The van der Waals surface area contributed by atoms with Gasteiger partial charge in [0.15, 0.2) is 0 Å². The maximum Gasteiger partial charge on any atom is 0.407 e. The van der Waals surface area contributed by atoms with Crippen LogP contribution in [0.3, 0.4) is 0 Å². The van der Waals surface area contributed by atoms with E-state index in [1.807, 2.05) is 45.2 Å². The number of carboxylic acid groups (broad SMARTS) is 1. The minimum Gasteiger partial charge on any atom is -0.465 e. The van der Waals surface area contributed by atoms with E-state index in [0.717, 1.165) is 27.9 Å². The van der Waals surface area contributed by atoms with Gasteiger partial charge in [-0.3, -0.25) is 0 Å². The van der Waals surface area contributed by atoms with Crippen LogP contribution in [0, 0.1) is 6.92 Å². The molecule has 1 unspecified atom stereocenters. The Morgan fingerprint density at radius 2 is 1.89 bits per heavy atom. The van der Waals surface area contributed by atoms with Crippen LogP contribution < -0.4 is 4.48 Å². The van der Waals surface area contributed by atoms with Crippen molar-refractivity contribution in [1.29, 1.82) is 0 Å². The molecule has 0 bridgehead atoms. The highest BCUT2D eigenvalue weighted by Crippen LogP contribution is 2.45. The fourth-order valence-electron chi connectivity index (χ4n) is 4.47. The molecule has 0 saturated carbocycles. The van der Waals surface area contributed by atoms with Crippen LogP contribution in [0.4, 0.5) is 10.5 Å². The predicted octanol–water partition coefficient (Wildman–Crippen LogP) is 4.98. The van der Waals surface area contributed by atoms with Gasteiger partial charge >= 0.3 is 12.0 Å². The van der Waals surface area contributed by atoms with E-state index >= 15 is 0 Å². The summed E-state index contributed by atoms with van der Waals surface area (Å²) in [6.07, 6.45) is -0.314. The lowest BCUT2D eigenvalue weighted by atomic mass is 9.86. The van der Waals surface area contributed by atoms with Crippen LogP contribution in [-0.4, -0.2) is 41.6 Å². The van der Waals surface area contributed by atoms with Crippen molar-refractivity contribution in [2.24, 2.45) is 0 Å². The Morgan fingerprint density at radius 3 is 2.46 bits per heavy atom. The third-order valence-corrected chi connectivity index (χ3v) is 6.41. The van der Waals surface area contributed by atoms with Gasteiger partial charge in [0, 0.05) is 24.6 Å². The fourth-order valence-corrected chi connectivity index (χ4v) is 4.47. The minimum absolute atomic E-state index is 0.00675. The topological polar surface area (TPSA) is 57.6 Å². The first-order valence-electron chi connectivity index (χ1n) is 9.79. The summed E-state index contributed by atoms with van der Waals surface area (Å²) >= 11 is 0. The number of amides is 2. The number of quaternary nitrogens is 1. The SMILES string of the molecule is CCN(C(=O)O)[C@@H]1C[C@H](C)[N+](C)(C(C)=O)c2ccc(-c3ccccc3C)cc21. The average molecular weight is 381 g/mol. The van der Waals surface area contributed by atoms with E-state index in [9.17, 15) is 14.7 Å². The Hall–Kier alpha value is -2.66. The summed E-state index contributed by atoms with van der Waals surface area (Å²) in [4.78, 5) is 26.0. The summed E-state index contributed by atoms with van der Waals surface area (Å²) < 4.78 is 0.192. The molecule has 0 saturated heterocycles. The van der Waals surface area contributed by atoms with Crippen molar-refractivity contribution in [1.82, 2.24) is 9.38 Å². The van der Waals surface area contributed by atoms with Gasteiger partial charge in [-0.05, 0) is 49.6 Å². The zero-order valence-corrected chi connectivity index (χ0v) is 17.3. The average Bonchev–Trinajstić information content (AvgIpc) is 2.65. The van der Waals surface area contributed by atoms with Crippen LogP contribution in [0.15, 0.2) is 42.5 Å². The van der Waals surface area contributed by atoms with Gasteiger partial charge in [-0.1, -0.05) is 24.3 Å². The molecule has 1 aliphatic heterocycles. The number of aryl methyl sites for hydroxylation is 1. The summed E-state index contributed by atoms with van der Waals surface area (Å²) in [7, 11) is 1.94. The molecule has 5 heteroatoms. The van der Waals surface area contributed by atoms with Gasteiger partial charge in [0.2, 0.25) is 0 Å². The molecule has 148 valence electrons. The van der Waals surface area contributed by atoms with Crippen LogP contribution in [-0.2, 0) is 4.79 Å². The number of hydrogen-bond acceptors (Lipinski definition) is 2. The lowest BCUT2D eigenvalue weighted by molar-refractivity contribution is -0.129. The highest BCUT2D eigenvalue weighted by Gasteiger charge is 2.47. The van der Waals surface area contributed by atoms with Crippen molar-refractivity contribution in [2.75, 3.05) is 13.6 Å². The smallest absolute Gasteiger partial charge is 0.407 e. The molecule has 0 radical (unpaired) electrons. The van der Waals surface area contributed by atoms with E-state index < -0.39 is 6.09 Å². The van der Waals surface area contributed by atoms with Crippen molar-refractivity contribution >= 4 is 17.7 Å². The number of fused-ring (bicyclic) bond motifs is 1. The first-order chi connectivity index (χ1) is 13.2. The molecule has 0 aromatic heterocycles. The summed E-state index contributed by atoms with van der Waals surface area (Å²) in [5.74, 6) is 0.0641. The second kappa shape index (κ2) is 7.40. The molecule has 3 atom stereocenters. The van der Waals surface area contributed by atoms with E-state index in [1.54, 1.807) is 6.92 Å². The molecule has 28 heavy (non-hydrogen) atoms. The van der Waals surface area contributed by atoms with Crippen molar-refractivity contribution < 1.29 is 14.7 Å². The molecular formula is C23H29N2O3+. The van der Waals surface area contributed by atoms with Crippen LogP contribution in [0.2, 0.25) is 0 Å². The number of carbonyl (C=O) groups is 2. The first kappa shape index (κ1) is 20.1. The molecule has 0 fully saturated rings. The maximum absolute atomic E-state index is 12.6. The van der Waals surface area contributed by atoms with Gasteiger partial charge in [-0.25, -0.2) is 14.1 Å².